The number of hydrogen-bond donors (Lipinski definition) is 1. The van der Waals surface area contributed by atoms with Crippen LogP contribution in [-0.4, -0.2) is 22.1 Å². The fourth-order valence-corrected chi connectivity index (χ4v) is 1.79. The van der Waals surface area contributed by atoms with Crippen molar-refractivity contribution in [1.82, 2.24) is 9.97 Å². The second-order valence-electron chi connectivity index (χ2n) is 3.00. The van der Waals surface area contributed by atoms with Crippen LogP contribution >= 0.6 is 31.9 Å². The van der Waals surface area contributed by atoms with Gasteiger partial charge in [0.25, 0.3) is 0 Å². The molecule has 4 nitrogen and oxygen atoms in total. The number of nitrogens with one attached hydrogen (secondary N) is 1. The highest BCUT2D eigenvalue weighted by atomic mass is 79.9. The number of aromatic nitrogens is 2. The molecule has 0 bridgehead atoms. The van der Waals surface area contributed by atoms with Crippen LogP contribution in [0.15, 0.2) is 15.4 Å². The van der Waals surface area contributed by atoms with Crippen LogP contribution in [0.1, 0.15) is 12.8 Å². The van der Waals surface area contributed by atoms with Crippen molar-refractivity contribution < 1.29 is 18.0 Å². The quantitative estimate of drug-likeness (QED) is 0.880. The number of nitrogens with zero attached hydrogens (tertiary/aromatic N) is 2. The predicted molar refractivity (Wildman–Crippen MR) is 61.4 cm³/mol. The van der Waals surface area contributed by atoms with Crippen LogP contribution in [0.4, 0.5) is 19.0 Å². The Labute approximate surface area is 111 Å². The summed E-state index contributed by atoms with van der Waals surface area (Å²) in [6.07, 6.45) is -4.84. The van der Waals surface area contributed by atoms with Crippen LogP contribution in [0.5, 0.6) is 0 Å². The Kier molecular flexibility index (Phi) is 4.87. The van der Waals surface area contributed by atoms with E-state index in [1.165, 1.54) is 6.20 Å². The van der Waals surface area contributed by atoms with E-state index in [2.05, 4.69) is 47.1 Å². The molecule has 1 N–H and O–H groups in total. The van der Waals surface area contributed by atoms with Crippen molar-refractivity contribution in [3.05, 3.63) is 15.4 Å². The Hall–Kier alpha value is -0.700. The molecule has 0 fully saturated rings. The number of rotatable bonds is 3. The molecule has 0 atom stereocenters. The standard InChI is InChI=1S/C8H6Br2F3N3O/c9-4-3-14-7(6(10)15-4)16-5(17)1-2-8(11,12)13/h3H,1-2H2,(H,14,16,17). The maximum Gasteiger partial charge on any atom is 0.389 e. The molecule has 17 heavy (non-hydrogen) atoms. The molecule has 1 rings (SSSR count). The van der Waals surface area contributed by atoms with Gasteiger partial charge in [-0.05, 0) is 31.9 Å². The van der Waals surface area contributed by atoms with E-state index in [4.69, 9.17) is 0 Å². The molecule has 1 aromatic rings. The monoisotopic (exact) mass is 375 g/mol. The maximum atomic E-state index is 11.9. The fourth-order valence-electron chi connectivity index (χ4n) is 0.880. The highest BCUT2D eigenvalue weighted by Gasteiger charge is 2.28. The summed E-state index contributed by atoms with van der Waals surface area (Å²) in [5.41, 5.74) is 0. The van der Waals surface area contributed by atoms with Crippen LogP contribution in [0, 0.1) is 0 Å². The van der Waals surface area contributed by atoms with Gasteiger partial charge in [0.2, 0.25) is 5.91 Å². The van der Waals surface area contributed by atoms with E-state index in [9.17, 15) is 18.0 Å². The van der Waals surface area contributed by atoms with E-state index in [1.807, 2.05) is 0 Å². The van der Waals surface area contributed by atoms with Gasteiger partial charge in [0.1, 0.15) is 9.21 Å². The first-order chi connectivity index (χ1) is 7.78. The maximum absolute atomic E-state index is 11.9. The molecule has 0 spiro atoms. The molecule has 9 heteroatoms. The molecule has 0 radical (unpaired) electrons. The minimum atomic E-state index is -4.35. The normalized spacial score (nSPS) is 11.4. The van der Waals surface area contributed by atoms with Crippen LogP contribution < -0.4 is 5.32 Å². The van der Waals surface area contributed by atoms with E-state index in [1.54, 1.807) is 0 Å². The molecular formula is C8H6Br2F3N3O. The van der Waals surface area contributed by atoms with Gasteiger partial charge in [-0.25, -0.2) is 9.97 Å². The summed E-state index contributed by atoms with van der Waals surface area (Å²) in [5.74, 6) is -0.681. The minimum absolute atomic E-state index is 0.0837. The molecule has 0 aliphatic heterocycles. The summed E-state index contributed by atoms with van der Waals surface area (Å²) in [4.78, 5) is 18.8. The van der Waals surface area contributed by atoms with Gasteiger partial charge in [-0.15, -0.1) is 0 Å². The molecule has 0 aromatic carbocycles. The molecule has 0 aliphatic carbocycles. The topological polar surface area (TPSA) is 54.9 Å². The Bertz CT molecular complexity index is 425. The lowest BCUT2D eigenvalue weighted by molar-refractivity contribution is -0.142. The Morgan fingerprint density at radius 1 is 1.41 bits per heavy atom. The lowest BCUT2D eigenvalue weighted by Crippen LogP contribution is -2.17. The van der Waals surface area contributed by atoms with E-state index in [0.717, 1.165) is 0 Å². The van der Waals surface area contributed by atoms with Gasteiger partial charge >= 0.3 is 6.18 Å². The fraction of sp³-hybridized carbons (Fsp3) is 0.375. The van der Waals surface area contributed by atoms with Crippen molar-refractivity contribution in [2.45, 2.75) is 19.0 Å². The van der Waals surface area contributed by atoms with Gasteiger partial charge in [0.05, 0.1) is 12.6 Å². The summed E-state index contributed by atoms with van der Waals surface area (Å²) < 4.78 is 36.3. The van der Waals surface area contributed by atoms with Crippen molar-refractivity contribution >= 4 is 43.6 Å². The molecule has 0 unspecified atom stereocenters. The first kappa shape index (κ1) is 14.4. The Morgan fingerprint density at radius 2 is 2.06 bits per heavy atom. The lowest BCUT2D eigenvalue weighted by Gasteiger charge is -2.07. The number of amides is 1. The van der Waals surface area contributed by atoms with Crippen molar-refractivity contribution in [2.24, 2.45) is 0 Å². The SMILES string of the molecule is O=C(CCC(F)(F)F)Nc1ncc(Br)nc1Br. The Morgan fingerprint density at radius 3 is 2.59 bits per heavy atom. The van der Waals surface area contributed by atoms with Gasteiger partial charge in [0, 0.05) is 6.42 Å². The molecule has 1 heterocycles. The number of carbonyl (C=O) groups excluding carboxylic acids is 1. The predicted octanol–water partition coefficient (Wildman–Crippen LogP) is 3.28. The number of hydrogen-bond acceptors (Lipinski definition) is 3. The van der Waals surface area contributed by atoms with Crippen molar-refractivity contribution in [2.75, 3.05) is 5.32 Å². The first-order valence-corrected chi connectivity index (χ1v) is 5.91. The number of alkyl halides is 3. The molecule has 0 aliphatic rings. The molecular weight excluding hydrogens is 371 g/mol. The molecule has 1 amide bonds. The molecule has 94 valence electrons. The highest BCUT2D eigenvalue weighted by molar-refractivity contribution is 9.11. The minimum Gasteiger partial charge on any atom is -0.308 e. The summed E-state index contributed by atoms with van der Waals surface area (Å²) in [6, 6.07) is 0. The van der Waals surface area contributed by atoms with Gasteiger partial charge in [-0.3, -0.25) is 4.79 Å². The van der Waals surface area contributed by atoms with Gasteiger partial charge in [-0.2, -0.15) is 13.2 Å². The first-order valence-electron chi connectivity index (χ1n) is 4.32. The van der Waals surface area contributed by atoms with Gasteiger partial charge < -0.3 is 5.32 Å². The van der Waals surface area contributed by atoms with Crippen LogP contribution in [0.3, 0.4) is 0 Å². The van der Waals surface area contributed by atoms with E-state index in [-0.39, 0.29) is 10.4 Å². The largest absolute Gasteiger partial charge is 0.389 e. The molecule has 0 saturated heterocycles. The zero-order valence-electron chi connectivity index (χ0n) is 8.18. The van der Waals surface area contributed by atoms with E-state index in [0.29, 0.717) is 4.60 Å². The third-order valence-corrected chi connectivity index (χ3v) is 2.53. The van der Waals surface area contributed by atoms with Crippen LogP contribution in [-0.2, 0) is 4.79 Å². The van der Waals surface area contributed by atoms with Crippen LogP contribution in [0.2, 0.25) is 0 Å². The third-order valence-electron chi connectivity index (χ3n) is 1.59. The van der Waals surface area contributed by atoms with Crippen molar-refractivity contribution in [1.29, 1.82) is 0 Å². The summed E-state index contributed by atoms with van der Waals surface area (Å²) in [7, 11) is 0. The highest BCUT2D eigenvalue weighted by Crippen LogP contribution is 2.23. The van der Waals surface area contributed by atoms with Gasteiger partial charge in [0.15, 0.2) is 5.82 Å². The summed E-state index contributed by atoms with van der Waals surface area (Å²) in [6.45, 7) is 0. The van der Waals surface area contributed by atoms with Crippen LogP contribution in [0.25, 0.3) is 0 Å². The van der Waals surface area contributed by atoms with Crippen molar-refractivity contribution in [3.8, 4) is 0 Å². The van der Waals surface area contributed by atoms with Crippen molar-refractivity contribution in [3.63, 3.8) is 0 Å². The second kappa shape index (κ2) is 5.76. The van der Waals surface area contributed by atoms with E-state index < -0.39 is 24.9 Å². The Balaban J connectivity index is 2.57. The van der Waals surface area contributed by atoms with Gasteiger partial charge in [-0.1, -0.05) is 0 Å². The summed E-state index contributed by atoms with van der Waals surface area (Å²) in [5, 5.41) is 2.23. The lowest BCUT2D eigenvalue weighted by atomic mass is 10.3. The second-order valence-corrected chi connectivity index (χ2v) is 4.56. The zero-order valence-corrected chi connectivity index (χ0v) is 11.4. The zero-order chi connectivity index (χ0) is 13.1. The average Bonchev–Trinajstić information content (AvgIpc) is 2.18. The third kappa shape index (κ3) is 5.44. The van der Waals surface area contributed by atoms with E-state index >= 15 is 0 Å². The number of halogens is 5. The smallest absolute Gasteiger partial charge is 0.308 e. The average molecular weight is 377 g/mol. The number of anilines is 1. The number of carbonyl (C=O) groups is 1. The molecule has 0 saturated carbocycles. The summed E-state index contributed by atoms with van der Waals surface area (Å²) >= 11 is 6.08. The molecule has 1 aromatic heterocycles.